The Morgan fingerprint density at radius 2 is 1.81 bits per heavy atom. The molecule has 4 aromatic rings. The van der Waals surface area contributed by atoms with Crippen LogP contribution in [-0.2, 0) is 4.79 Å². The monoisotopic (exact) mass is 578 g/mol. The zero-order chi connectivity index (χ0) is 25.7. The molecule has 0 atom stereocenters. The fourth-order valence-electron chi connectivity index (χ4n) is 3.39. The van der Waals surface area contributed by atoms with Gasteiger partial charge in [0.25, 0.3) is 5.69 Å². The number of anilines is 1. The van der Waals surface area contributed by atoms with Crippen LogP contribution in [0.15, 0.2) is 88.4 Å². The van der Waals surface area contributed by atoms with Gasteiger partial charge in [-0.15, -0.1) is 0 Å². The lowest BCUT2D eigenvalue weighted by atomic mass is 9.99. The van der Waals surface area contributed by atoms with E-state index >= 15 is 0 Å². The number of nitrogens with one attached hydrogen (secondary N) is 1. The molecular formula is C26H16BrClN4O3S. The van der Waals surface area contributed by atoms with Crippen LogP contribution in [-0.4, -0.2) is 21.6 Å². The molecule has 7 nitrogen and oxygen atoms in total. The summed E-state index contributed by atoms with van der Waals surface area (Å²) in [6, 6.07) is 24.9. The van der Waals surface area contributed by atoms with Crippen LogP contribution in [0.1, 0.15) is 5.56 Å². The number of thioether (sulfide) groups is 1. The number of nitriles is 1. The molecule has 0 radical (unpaired) electrons. The van der Waals surface area contributed by atoms with Crippen LogP contribution in [0, 0.1) is 21.4 Å². The third kappa shape index (κ3) is 5.91. The molecular weight excluding hydrogens is 564 g/mol. The summed E-state index contributed by atoms with van der Waals surface area (Å²) in [6.45, 7) is 0. The first kappa shape index (κ1) is 25.4. The average molecular weight is 580 g/mol. The van der Waals surface area contributed by atoms with Crippen LogP contribution in [0.25, 0.3) is 22.4 Å². The number of pyridine rings is 1. The molecule has 0 saturated carbocycles. The maximum Gasteiger partial charge on any atom is 0.270 e. The first-order chi connectivity index (χ1) is 17.4. The molecule has 1 N–H and O–H groups in total. The summed E-state index contributed by atoms with van der Waals surface area (Å²) in [7, 11) is 0. The Kier molecular flexibility index (Phi) is 8.00. The van der Waals surface area contributed by atoms with E-state index in [1.54, 1.807) is 12.1 Å². The highest BCUT2D eigenvalue weighted by molar-refractivity contribution is 9.10. The molecule has 10 heteroatoms. The predicted molar refractivity (Wildman–Crippen MR) is 145 cm³/mol. The van der Waals surface area contributed by atoms with Crippen LogP contribution in [0.3, 0.4) is 0 Å². The average Bonchev–Trinajstić information content (AvgIpc) is 2.89. The van der Waals surface area contributed by atoms with Crippen LogP contribution < -0.4 is 5.32 Å². The first-order valence-corrected chi connectivity index (χ1v) is 12.6. The Bertz CT molecular complexity index is 1490. The van der Waals surface area contributed by atoms with Gasteiger partial charge in [-0.1, -0.05) is 65.8 Å². The second-order valence-corrected chi connectivity index (χ2v) is 9.73. The second kappa shape index (κ2) is 11.4. The van der Waals surface area contributed by atoms with E-state index < -0.39 is 4.92 Å². The van der Waals surface area contributed by atoms with Crippen molar-refractivity contribution >= 4 is 56.6 Å². The van der Waals surface area contributed by atoms with Gasteiger partial charge >= 0.3 is 0 Å². The van der Waals surface area contributed by atoms with E-state index in [9.17, 15) is 20.2 Å². The fraction of sp³-hybridized carbons (Fsp3) is 0.0385. The number of benzene rings is 3. The zero-order valence-electron chi connectivity index (χ0n) is 18.4. The highest BCUT2D eigenvalue weighted by Gasteiger charge is 2.18. The molecule has 1 amide bonds. The maximum absolute atomic E-state index is 12.7. The Balaban J connectivity index is 1.64. The van der Waals surface area contributed by atoms with E-state index in [-0.39, 0.29) is 17.3 Å². The van der Waals surface area contributed by atoms with Gasteiger partial charge in [0.2, 0.25) is 5.91 Å². The van der Waals surface area contributed by atoms with E-state index in [0.29, 0.717) is 37.0 Å². The fourth-order valence-corrected chi connectivity index (χ4v) is 4.78. The number of halogens is 2. The summed E-state index contributed by atoms with van der Waals surface area (Å²) >= 11 is 10.4. The molecule has 36 heavy (non-hydrogen) atoms. The molecule has 1 heterocycles. The van der Waals surface area contributed by atoms with Crippen LogP contribution in [0.5, 0.6) is 0 Å². The molecule has 0 spiro atoms. The number of nitrogens with zero attached hydrogens (tertiary/aromatic N) is 3. The summed E-state index contributed by atoms with van der Waals surface area (Å²) in [5, 5.41) is 24.7. The molecule has 0 aliphatic carbocycles. The summed E-state index contributed by atoms with van der Waals surface area (Å²) in [4.78, 5) is 27.8. The summed E-state index contributed by atoms with van der Waals surface area (Å²) in [5.41, 5.74) is 3.69. The van der Waals surface area contributed by atoms with Crippen molar-refractivity contribution in [3.63, 3.8) is 0 Å². The third-order valence-corrected chi connectivity index (χ3v) is 6.98. The molecule has 0 bridgehead atoms. The lowest BCUT2D eigenvalue weighted by Gasteiger charge is -2.13. The molecule has 4 rings (SSSR count). The van der Waals surface area contributed by atoms with Crippen LogP contribution in [0.4, 0.5) is 11.4 Å². The van der Waals surface area contributed by atoms with Gasteiger partial charge in [0.15, 0.2) is 0 Å². The van der Waals surface area contributed by atoms with E-state index in [1.807, 2.05) is 48.5 Å². The van der Waals surface area contributed by atoms with E-state index in [0.717, 1.165) is 22.9 Å². The normalized spacial score (nSPS) is 10.5. The maximum atomic E-state index is 12.7. The number of rotatable bonds is 7. The van der Waals surface area contributed by atoms with Crippen molar-refractivity contribution in [3.8, 4) is 28.5 Å². The molecule has 0 saturated heterocycles. The third-order valence-electron chi connectivity index (χ3n) is 5.10. The van der Waals surface area contributed by atoms with Crippen molar-refractivity contribution in [1.29, 1.82) is 5.26 Å². The van der Waals surface area contributed by atoms with Crippen LogP contribution >= 0.6 is 39.3 Å². The summed E-state index contributed by atoms with van der Waals surface area (Å²) in [6.07, 6.45) is 0. The van der Waals surface area contributed by atoms with Crippen LogP contribution in [0.2, 0.25) is 5.02 Å². The quantitative estimate of drug-likeness (QED) is 0.139. The van der Waals surface area contributed by atoms with Gasteiger partial charge < -0.3 is 5.32 Å². The number of aromatic nitrogens is 1. The molecule has 1 aromatic heterocycles. The molecule has 0 unspecified atom stereocenters. The Hall–Kier alpha value is -3.71. The van der Waals surface area contributed by atoms with Gasteiger partial charge in [-0.05, 0) is 45.8 Å². The van der Waals surface area contributed by atoms with Gasteiger partial charge in [0.1, 0.15) is 11.1 Å². The van der Waals surface area contributed by atoms with Gasteiger partial charge in [-0.25, -0.2) is 4.98 Å². The number of nitro benzene ring substituents is 1. The minimum atomic E-state index is -0.515. The van der Waals surface area contributed by atoms with Gasteiger partial charge in [0, 0.05) is 32.8 Å². The molecule has 178 valence electrons. The summed E-state index contributed by atoms with van der Waals surface area (Å²) in [5.74, 6) is -0.373. The lowest BCUT2D eigenvalue weighted by Crippen LogP contribution is -2.14. The zero-order valence-corrected chi connectivity index (χ0v) is 21.6. The van der Waals surface area contributed by atoms with Crippen molar-refractivity contribution in [3.05, 3.63) is 104 Å². The van der Waals surface area contributed by atoms with E-state index in [4.69, 9.17) is 16.6 Å². The first-order valence-electron chi connectivity index (χ1n) is 10.5. The second-order valence-electron chi connectivity index (χ2n) is 7.48. The highest BCUT2D eigenvalue weighted by atomic mass is 79.9. The van der Waals surface area contributed by atoms with Gasteiger partial charge in [0.05, 0.1) is 27.6 Å². The SMILES string of the molecule is N#Cc1c(-c2ccc(Cl)cc2)cc(-c2ccccc2)nc1SCC(=O)Nc1ccc([N+](=O)[O-])cc1Br. The van der Waals surface area contributed by atoms with E-state index in [1.165, 1.54) is 18.2 Å². The Morgan fingerprint density at radius 3 is 2.44 bits per heavy atom. The number of nitro groups is 1. The summed E-state index contributed by atoms with van der Waals surface area (Å²) < 4.78 is 0.391. The van der Waals surface area contributed by atoms with Crippen molar-refractivity contribution in [1.82, 2.24) is 4.98 Å². The van der Waals surface area contributed by atoms with Crippen molar-refractivity contribution < 1.29 is 9.72 Å². The van der Waals surface area contributed by atoms with Gasteiger partial charge in [-0.3, -0.25) is 14.9 Å². The number of hydrogen-bond acceptors (Lipinski definition) is 6. The lowest BCUT2D eigenvalue weighted by molar-refractivity contribution is -0.384. The number of amides is 1. The number of carbonyl (C=O) groups excluding carboxylic acids is 1. The molecule has 3 aromatic carbocycles. The largest absolute Gasteiger partial charge is 0.324 e. The van der Waals surface area contributed by atoms with Gasteiger partial charge in [-0.2, -0.15) is 5.26 Å². The minimum absolute atomic E-state index is 0.0244. The Morgan fingerprint density at radius 1 is 1.08 bits per heavy atom. The molecule has 0 aliphatic rings. The van der Waals surface area contributed by atoms with Crippen molar-refractivity contribution in [2.24, 2.45) is 0 Å². The number of hydrogen-bond donors (Lipinski definition) is 1. The minimum Gasteiger partial charge on any atom is -0.324 e. The Labute approximate surface area is 224 Å². The molecule has 0 fully saturated rings. The van der Waals surface area contributed by atoms with Crippen molar-refractivity contribution in [2.45, 2.75) is 5.03 Å². The van der Waals surface area contributed by atoms with Crippen molar-refractivity contribution in [2.75, 3.05) is 11.1 Å². The number of non-ortho nitro benzene ring substituents is 1. The predicted octanol–water partition coefficient (Wildman–Crippen LogP) is 7.34. The highest BCUT2D eigenvalue weighted by Crippen LogP contribution is 2.35. The molecule has 0 aliphatic heterocycles. The smallest absolute Gasteiger partial charge is 0.270 e. The number of carbonyl (C=O) groups is 1. The standard InChI is InChI=1S/C26H16BrClN4O3S/c27-22-12-19(32(34)35)10-11-23(22)30-25(33)15-36-26-21(14-29)20(16-6-8-18(28)9-7-16)13-24(31-26)17-4-2-1-3-5-17/h1-13H,15H2,(H,30,33). The van der Waals surface area contributed by atoms with E-state index in [2.05, 4.69) is 27.3 Å². The topological polar surface area (TPSA) is 109 Å².